The molecule has 4 fully saturated rings. The highest BCUT2D eigenvalue weighted by molar-refractivity contribution is 5.56. The van der Waals surface area contributed by atoms with Crippen molar-refractivity contribution in [2.24, 2.45) is 29.6 Å². The van der Waals surface area contributed by atoms with Gasteiger partial charge in [0.2, 0.25) is 0 Å². The normalized spacial score (nSPS) is 31.0. The number of imidazole rings is 1. The minimum atomic E-state index is -4.54. The Balaban J connectivity index is 1.28. The smallest absolute Gasteiger partial charge is 0.395 e. The number of aromatic nitrogens is 2. The fraction of sp³-hybridized carbons (Fsp3) is 0.781. The molecular weight excluding hydrogens is 543 g/mol. The zero-order chi connectivity index (χ0) is 29.6. The fourth-order valence-electron chi connectivity index (χ4n) is 8.72. The van der Waals surface area contributed by atoms with Gasteiger partial charge in [0, 0.05) is 50.7 Å². The number of aliphatic hydroxyl groups excluding tert-OH is 1. The summed E-state index contributed by atoms with van der Waals surface area (Å²) in [6.45, 7) is 8.28. The Morgan fingerprint density at radius 3 is 2.48 bits per heavy atom. The largest absolute Gasteiger partial charge is 0.418 e. The van der Waals surface area contributed by atoms with Crippen LogP contribution in [0.25, 0.3) is 5.52 Å². The summed E-state index contributed by atoms with van der Waals surface area (Å²) in [5, 5.41) is 11.6. The van der Waals surface area contributed by atoms with E-state index in [0.717, 1.165) is 58.2 Å². The Hall–Kier alpha value is -1.88. The lowest BCUT2D eigenvalue weighted by Crippen LogP contribution is -2.48. The number of likely N-dealkylation sites (tertiary alicyclic amines) is 1. The van der Waals surface area contributed by atoms with Crippen LogP contribution in [0, 0.1) is 29.6 Å². The first kappa shape index (κ1) is 30.2. The van der Waals surface area contributed by atoms with Crippen molar-refractivity contribution in [2.45, 2.75) is 96.4 Å². The summed E-state index contributed by atoms with van der Waals surface area (Å²) in [5.41, 5.74) is 3.16. The highest BCUT2D eigenvalue weighted by Gasteiger charge is 2.45. The summed E-state index contributed by atoms with van der Waals surface area (Å²) >= 11 is 0. The number of hydrogen-bond acceptors (Lipinski definition) is 5. The second-order valence-corrected chi connectivity index (χ2v) is 14.0. The number of alkyl halides is 3. The van der Waals surface area contributed by atoms with Crippen LogP contribution >= 0.6 is 0 Å². The molecule has 0 amide bonds. The van der Waals surface area contributed by atoms with Crippen molar-refractivity contribution >= 4 is 5.52 Å². The average Bonchev–Trinajstić information content (AvgIpc) is 3.44. The lowest BCUT2D eigenvalue weighted by Gasteiger charge is -2.46. The number of pyridine rings is 1. The van der Waals surface area contributed by atoms with Gasteiger partial charge in [-0.2, -0.15) is 13.2 Å². The van der Waals surface area contributed by atoms with Gasteiger partial charge in [-0.25, -0.2) is 9.80 Å². The van der Waals surface area contributed by atoms with E-state index in [-0.39, 0.29) is 23.9 Å². The predicted molar refractivity (Wildman–Crippen MR) is 157 cm³/mol. The number of fused-ring (bicyclic) bond motifs is 1. The first-order chi connectivity index (χ1) is 20.1. The fourth-order valence-corrected chi connectivity index (χ4v) is 8.72. The molecule has 0 bridgehead atoms. The predicted octanol–water partition coefficient (Wildman–Crippen LogP) is 5.32. The van der Waals surface area contributed by atoms with Crippen molar-refractivity contribution in [3.63, 3.8) is 0 Å². The Kier molecular flexibility index (Phi) is 8.80. The minimum absolute atomic E-state index is 0.0355. The molecule has 0 radical (unpaired) electrons. The molecule has 6 atom stereocenters. The van der Waals surface area contributed by atoms with E-state index >= 15 is 0 Å². The van der Waals surface area contributed by atoms with Crippen LogP contribution in [0.5, 0.6) is 0 Å². The molecule has 2 aromatic heterocycles. The third-order valence-corrected chi connectivity index (χ3v) is 10.9. The maximum atomic E-state index is 14.4. The lowest BCUT2D eigenvalue weighted by atomic mass is 9.62. The molecule has 2 aliphatic heterocycles. The number of β-amino-alcohol motifs (C(OH)–C–C–N with tert-alkyl or cyclic N) is 1. The molecule has 2 saturated heterocycles. The highest BCUT2D eigenvalue weighted by atomic mass is 19.4. The van der Waals surface area contributed by atoms with Crippen LogP contribution in [-0.2, 0) is 12.7 Å². The summed E-state index contributed by atoms with van der Waals surface area (Å²) in [6.07, 6.45) is 8.20. The van der Waals surface area contributed by atoms with Gasteiger partial charge in [0.25, 0.3) is 0 Å². The molecule has 4 unspecified atom stereocenters. The number of halogens is 3. The number of rotatable bonds is 8. The topological polar surface area (TPSA) is 65.2 Å². The minimum Gasteiger partial charge on any atom is -0.395 e. The first-order valence-electron chi connectivity index (χ1n) is 16.3. The Labute approximate surface area is 247 Å². The van der Waals surface area contributed by atoms with Crippen molar-refractivity contribution < 1.29 is 18.3 Å². The van der Waals surface area contributed by atoms with Crippen LogP contribution in [0.3, 0.4) is 0 Å². The van der Waals surface area contributed by atoms with Crippen molar-refractivity contribution in [1.82, 2.24) is 24.3 Å². The Morgan fingerprint density at radius 2 is 1.79 bits per heavy atom. The number of piperidine rings is 1. The van der Waals surface area contributed by atoms with E-state index in [9.17, 15) is 23.1 Å². The number of nitrogens with one attached hydrogen (secondary N) is 1. The number of hydrazine groups is 1. The van der Waals surface area contributed by atoms with E-state index in [1.54, 1.807) is 10.8 Å². The van der Waals surface area contributed by atoms with E-state index in [1.165, 1.54) is 35.9 Å². The molecule has 0 aromatic carbocycles. The average molecular weight is 592 g/mol. The molecule has 42 heavy (non-hydrogen) atoms. The molecule has 2 saturated carbocycles. The van der Waals surface area contributed by atoms with Crippen LogP contribution in [0.4, 0.5) is 13.2 Å². The summed E-state index contributed by atoms with van der Waals surface area (Å²) in [5.74, 6) is 2.51. The molecule has 234 valence electrons. The van der Waals surface area contributed by atoms with Crippen LogP contribution < -0.4 is 11.1 Å². The molecular formula is C32H48F3N5O2. The second kappa shape index (κ2) is 12.3. The third kappa shape index (κ3) is 6.06. The molecule has 6 rings (SSSR count). The quantitative estimate of drug-likeness (QED) is 0.436. The van der Waals surface area contributed by atoms with E-state index in [1.807, 2.05) is 0 Å². The molecule has 10 heteroatoms. The van der Waals surface area contributed by atoms with Gasteiger partial charge in [-0.05, 0) is 79.9 Å². The molecule has 4 heterocycles. The van der Waals surface area contributed by atoms with Crippen LogP contribution in [0.2, 0.25) is 0 Å². The van der Waals surface area contributed by atoms with Crippen molar-refractivity contribution in [2.75, 3.05) is 32.8 Å². The van der Waals surface area contributed by atoms with Crippen LogP contribution in [-0.4, -0.2) is 62.8 Å². The molecule has 7 nitrogen and oxygen atoms in total. The third-order valence-electron chi connectivity index (χ3n) is 10.9. The maximum Gasteiger partial charge on any atom is 0.418 e. The number of nitrogens with zero attached hydrogens (tertiary/aromatic N) is 4. The van der Waals surface area contributed by atoms with Crippen LogP contribution in [0.1, 0.15) is 88.8 Å². The number of hydrogen-bond donors (Lipinski definition) is 2. The van der Waals surface area contributed by atoms with Gasteiger partial charge in [0.1, 0.15) is 0 Å². The van der Waals surface area contributed by atoms with Gasteiger partial charge in [-0.1, -0.05) is 39.5 Å². The standard InChI is InChI=1S/C32H48F3N5O2/c1-21-6-5-11-37(16-21)18-23-14-27(32(33,34)35)28-20-39(31(42)40(28)19-23)26-10-4-9-25(15-26)29(24-7-3-8-24)30-22(2)17-38(36-30)12-13-41/h14,19-22,24-26,29-30,36,41H,3-13,15-18H2,1-2H3/t21-,22?,25?,26?,29+,30?/m0/s1. The zero-order valence-corrected chi connectivity index (χ0v) is 25.2. The van der Waals surface area contributed by atoms with E-state index < -0.39 is 11.7 Å². The summed E-state index contributed by atoms with van der Waals surface area (Å²) in [7, 11) is 0. The molecule has 2 N–H and O–H groups in total. The Bertz CT molecular complexity index is 1290. The molecule has 0 spiro atoms. The first-order valence-corrected chi connectivity index (χ1v) is 16.3. The van der Waals surface area contributed by atoms with Gasteiger partial charge in [-0.3, -0.25) is 19.3 Å². The van der Waals surface area contributed by atoms with E-state index in [2.05, 4.69) is 29.2 Å². The Morgan fingerprint density at radius 1 is 1.02 bits per heavy atom. The van der Waals surface area contributed by atoms with Crippen molar-refractivity contribution in [1.29, 1.82) is 0 Å². The SMILES string of the molecule is CC1CN(CCO)NC1[C@H](C1CCC1)C1CCCC(n2cc3c(C(F)(F)F)cc(CN4CCC[C@H](C)C4)cn3c2=O)C1. The van der Waals surface area contributed by atoms with Gasteiger partial charge in [0.05, 0.1) is 17.7 Å². The van der Waals surface area contributed by atoms with Crippen molar-refractivity contribution in [3.05, 3.63) is 40.1 Å². The van der Waals surface area contributed by atoms with E-state index in [4.69, 9.17) is 0 Å². The second-order valence-electron chi connectivity index (χ2n) is 14.0. The zero-order valence-electron chi connectivity index (χ0n) is 25.2. The molecule has 2 aromatic rings. The summed E-state index contributed by atoms with van der Waals surface area (Å²) in [4.78, 5) is 16.0. The monoisotopic (exact) mass is 591 g/mol. The highest BCUT2D eigenvalue weighted by Crippen LogP contribution is 2.48. The van der Waals surface area contributed by atoms with Gasteiger partial charge < -0.3 is 5.11 Å². The van der Waals surface area contributed by atoms with Crippen LogP contribution in [0.15, 0.2) is 23.3 Å². The summed E-state index contributed by atoms with van der Waals surface area (Å²) in [6, 6.07) is 1.49. The molecule has 4 aliphatic rings. The number of aliphatic hydroxyl groups is 1. The van der Waals surface area contributed by atoms with Gasteiger partial charge >= 0.3 is 11.9 Å². The van der Waals surface area contributed by atoms with Gasteiger partial charge in [0.15, 0.2) is 0 Å². The maximum absolute atomic E-state index is 14.4. The van der Waals surface area contributed by atoms with Gasteiger partial charge in [-0.15, -0.1) is 0 Å². The lowest BCUT2D eigenvalue weighted by molar-refractivity contribution is -0.136. The summed E-state index contributed by atoms with van der Waals surface area (Å²) < 4.78 is 46.0. The van der Waals surface area contributed by atoms with Crippen molar-refractivity contribution in [3.8, 4) is 0 Å². The molecule has 2 aliphatic carbocycles. The van der Waals surface area contributed by atoms with E-state index in [0.29, 0.717) is 54.3 Å².